The number of nitrogens with zero attached hydrogens (tertiary/aromatic N) is 1. The number of hydrogen-bond acceptors (Lipinski definition) is 2. The number of amides is 2. The Morgan fingerprint density at radius 3 is 2.08 bits per heavy atom. The maximum atomic E-state index is 13.6. The van der Waals surface area contributed by atoms with Gasteiger partial charge in [0.05, 0.1) is 0 Å². The largest absolute Gasteiger partial charge is 0.342 e. The first-order valence-corrected chi connectivity index (χ1v) is 8.60. The highest BCUT2D eigenvalue weighted by molar-refractivity contribution is 5.93. The zero-order chi connectivity index (χ0) is 17.1. The number of likely N-dealkylation sites (tertiary alicyclic amines) is 1. The van der Waals surface area contributed by atoms with E-state index in [-0.39, 0.29) is 23.7 Å². The van der Waals surface area contributed by atoms with Crippen LogP contribution in [0.4, 0.5) is 14.5 Å². The highest BCUT2D eigenvalue weighted by Crippen LogP contribution is 2.32. The monoisotopic (exact) mass is 336 g/mol. The van der Waals surface area contributed by atoms with Gasteiger partial charge in [0.15, 0.2) is 0 Å². The van der Waals surface area contributed by atoms with Crippen LogP contribution in [0.15, 0.2) is 18.2 Å². The number of anilines is 1. The SMILES string of the molecule is O=C(Nc1c(F)cccc1F)C1CCC(C(=O)N2CCCC2)CC1. The molecule has 1 aliphatic carbocycles. The lowest BCUT2D eigenvalue weighted by Gasteiger charge is -2.29. The van der Waals surface area contributed by atoms with E-state index in [9.17, 15) is 18.4 Å². The average Bonchev–Trinajstić information content (AvgIpc) is 3.12. The van der Waals surface area contributed by atoms with Crippen LogP contribution in [0, 0.1) is 23.5 Å². The lowest BCUT2D eigenvalue weighted by molar-refractivity contribution is -0.136. The predicted octanol–water partition coefficient (Wildman–Crippen LogP) is 3.33. The van der Waals surface area contributed by atoms with E-state index in [0.717, 1.165) is 38.1 Å². The lowest BCUT2D eigenvalue weighted by atomic mass is 9.81. The molecule has 1 saturated carbocycles. The average molecular weight is 336 g/mol. The Labute approximate surface area is 140 Å². The van der Waals surface area contributed by atoms with Gasteiger partial charge in [-0.2, -0.15) is 0 Å². The van der Waals surface area contributed by atoms with Crippen LogP contribution in [-0.2, 0) is 9.59 Å². The van der Waals surface area contributed by atoms with Crippen molar-refractivity contribution in [1.82, 2.24) is 4.90 Å². The molecule has 0 spiro atoms. The fraction of sp³-hybridized carbons (Fsp3) is 0.556. The van der Waals surface area contributed by atoms with Crippen LogP contribution in [0.2, 0.25) is 0 Å². The lowest BCUT2D eigenvalue weighted by Crippen LogP contribution is -2.37. The Hall–Kier alpha value is -1.98. The molecule has 0 atom stereocenters. The molecule has 2 fully saturated rings. The first kappa shape index (κ1) is 16.9. The Kier molecular flexibility index (Phi) is 5.11. The van der Waals surface area contributed by atoms with Crippen LogP contribution in [-0.4, -0.2) is 29.8 Å². The van der Waals surface area contributed by atoms with Crippen LogP contribution in [0.3, 0.4) is 0 Å². The normalized spacial score (nSPS) is 24.0. The number of rotatable bonds is 3. The van der Waals surface area contributed by atoms with Crippen molar-refractivity contribution >= 4 is 17.5 Å². The first-order chi connectivity index (χ1) is 11.6. The van der Waals surface area contributed by atoms with Gasteiger partial charge in [-0.05, 0) is 50.7 Å². The topological polar surface area (TPSA) is 49.4 Å². The molecule has 2 aliphatic rings. The first-order valence-electron chi connectivity index (χ1n) is 8.60. The summed E-state index contributed by atoms with van der Waals surface area (Å²) in [5, 5.41) is 2.36. The van der Waals surface area contributed by atoms with Gasteiger partial charge in [0.2, 0.25) is 11.8 Å². The molecule has 1 saturated heterocycles. The van der Waals surface area contributed by atoms with Crippen molar-refractivity contribution in [2.45, 2.75) is 38.5 Å². The fourth-order valence-corrected chi connectivity index (χ4v) is 3.64. The summed E-state index contributed by atoms with van der Waals surface area (Å²) in [6.07, 6.45) is 4.61. The molecule has 1 heterocycles. The third-order valence-electron chi connectivity index (χ3n) is 5.08. The van der Waals surface area contributed by atoms with Crippen molar-refractivity contribution in [2.75, 3.05) is 18.4 Å². The number of halogens is 2. The summed E-state index contributed by atoms with van der Waals surface area (Å²) in [4.78, 5) is 26.6. The van der Waals surface area contributed by atoms with Crippen molar-refractivity contribution in [1.29, 1.82) is 0 Å². The molecule has 2 amide bonds. The minimum absolute atomic E-state index is 0.0163. The van der Waals surface area contributed by atoms with Crippen LogP contribution in [0.5, 0.6) is 0 Å². The summed E-state index contributed by atoms with van der Waals surface area (Å²) in [5.74, 6) is -2.04. The van der Waals surface area contributed by atoms with Crippen LogP contribution in [0.25, 0.3) is 0 Å². The summed E-state index contributed by atoms with van der Waals surface area (Å²) in [6.45, 7) is 1.68. The number of para-hydroxylation sites is 1. The maximum Gasteiger partial charge on any atom is 0.227 e. The minimum atomic E-state index is -0.777. The van der Waals surface area contributed by atoms with E-state index in [1.54, 1.807) is 0 Å². The van der Waals surface area contributed by atoms with Gasteiger partial charge in [-0.3, -0.25) is 9.59 Å². The number of carbonyl (C=O) groups is 2. The maximum absolute atomic E-state index is 13.6. The molecule has 0 unspecified atom stereocenters. The van der Waals surface area contributed by atoms with E-state index in [1.165, 1.54) is 6.07 Å². The van der Waals surface area contributed by atoms with Gasteiger partial charge in [0, 0.05) is 24.9 Å². The molecule has 24 heavy (non-hydrogen) atoms. The van der Waals surface area contributed by atoms with Crippen molar-refractivity contribution in [3.05, 3.63) is 29.8 Å². The molecule has 130 valence electrons. The fourth-order valence-electron chi connectivity index (χ4n) is 3.64. The molecule has 0 aromatic heterocycles. The second-order valence-corrected chi connectivity index (χ2v) is 6.67. The molecule has 0 bridgehead atoms. The quantitative estimate of drug-likeness (QED) is 0.920. The Balaban J connectivity index is 1.54. The van der Waals surface area contributed by atoms with Gasteiger partial charge in [-0.25, -0.2) is 8.78 Å². The third-order valence-corrected chi connectivity index (χ3v) is 5.08. The molecule has 3 rings (SSSR count). The van der Waals surface area contributed by atoms with Gasteiger partial charge in [-0.1, -0.05) is 6.07 Å². The molecular weight excluding hydrogens is 314 g/mol. The number of carbonyl (C=O) groups excluding carboxylic acids is 2. The van der Waals surface area contributed by atoms with E-state index < -0.39 is 17.3 Å². The summed E-state index contributed by atoms with van der Waals surface area (Å²) < 4.78 is 27.2. The zero-order valence-corrected chi connectivity index (χ0v) is 13.6. The van der Waals surface area contributed by atoms with Crippen LogP contribution in [0.1, 0.15) is 38.5 Å². The van der Waals surface area contributed by atoms with E-state index in [2.05, 4.69) is 5.32 Å². The zero-order valence-electron chi connectivity index (χ0n) is 13.6. The van der Waals surface area contributed by atoms with Gasteiger partial charge in [0.25, 0.3) is 0 Å². The number of hydrogen-bond donors (Lipinski definition) is 1. The predicted molar refractivity (Wildman–Crippen MR) is 86.2 cm³/mol. The minimum Gasteiger partial charge on any atom is -0.342 e. The van der Waals surface area contributed by atoms with Gasteiger partial charge in [-0.15, -0.1) is 0 Å². The second kappa shape index (κ2) is 7.28. The number of benzene rings is 1. The van der Waals surface area contributed by atoms with Crippen LogP contribution >= 0.6 is 0 Å². The van der Waals surface area contributed by atoms with Crippen LogP contribution < -0.4 is 5.32 Å². The highest BCUT2D eigenvalue weighted by atomic mass is 19.1. The molecule has 1 aromatic rings. The molecule has 6 heteroatoms. The molecule has 1 aliphatic heterocycles. The van der Waals surface area contributed by atoms with Crippen molar-refractivity contribution in [3.8, 4) is 0 Å². The third kappa shape index (κ3) is 3.57. The van der Waals surface area contributed by atoms with E-state index >= 15 is 0 Å². The standard InChI is InChI=1S/C18H22F2N2O2/c19-14-4-3-5-15(20)16(14)21-17(23)12-6-8-13(9-7-12)18(24)22-10-1-2-11-22/h3-5,12-13H,1-2,6-11H2,(H,21,23). The van der Waals surface area contributed by atoms with Gasteiger partial charge < -0.3 is 10.2 Å². The summed E-state index contributed by atoms with van der Waals surface area (Å²) in [5.41, 5.74) is -0.391. The van der Waals surface area contributed by atoms with Crippen molar-refractivity contribution in [2.24, 2.45) is 11.8 Å². The van der Waals surface area contributed by atoms with E-state index in [4.69, 9.17) is 0 Å². The van der Waals surface area contributed by atoms with Crippen molar-refractivity contribution < 1.29 is 18.4 Å². The van der Waals surface area contributed by atoms with Crippen molar-refractivity contribution in [3.63, 3.8) is 0 Å². The Morgan fingerprint density at radius 1 is 0.958 bits per heavy atom. The summed E-state index contributed by atoms with van der Waals surface area (Å²) in [7, 11) is 0. The van der Waals surface area contributed by atoms with Gasteiger partial charge in [0.1, 0.15) is 17.3 Å². The smallest absolute Gasteiger partial charge is 0.227 e. The Bertz CT molecular complexity index is 601. The molecular formula is C18H22F2N2O2. The summed E-state index contributed by atoms with van der Waals surface area (Å²) >= 11 is 0. The van der Waals surface area contributed by atoms with E-state index in [0.29, 0.717) is 25.7 Å². The summed E-state index contributed by atoms with van der Waals surface area (Å²) in [6, 6.07) is 3.49. The van der Waals surface area contributed by atoms with Gasteiger partial charge >= 0.3 is 0 Å². The molecule has 0 radical (unpaired) electrons. The van der Waals surface area contributed by atoms with E-state index in [1.807, 2.05) is 4.90 Å². The molecule has 1 aromatic carbocycles. The highest BCUT2D eigenvalue weighted by Gasteiger charge is 2.33. The second-order valence-electron chi connectivity index (χ2n) is 6.67. The Morgan fingerprint density at radius 2 is 1.50 bits per heavy atom. The molecule has 1 N–H and O–H groups in total. The number of nitrogens with one attached hydrogen (secondary N) is 1. The molecule has 4 nitrogen and oxygen atoms in total.